The van der Waals surface area contributed by atoms with E-state index in [4.69, 9.17) is 4.74 Å². The minimum absolute atomic E-state index is 0.0710. The zero-order chi connectivity index (χ0) is 22.2. The van der Waals surface area contributed by atoms with E-state index in [9.17, 15) is 4.39 Å². The molecular formula is C22H25FN8O. The Kier molecular flexibility index (Phi) is 5.14. The van der Waals surface area contributed by atoms with Crippen LogP contribution in [0.1, 0.15) is 11.4 Å². The van der Waals surface area contributed by atoms with Crippen LogP contribution in [0.2, 0.25) is 0 Å². The van der Waals surface area contributed by atoms with Gasteiger partial charge in [0.15, 0.2) is 17.4 Å². The van der Waals surface area contributed by atoms with Crippen LogP contribution in [0.4, 0.5) is 21.8 Å². The number of aromatic amines is 2. The summed E-state index contributed by atoms with van der Waals surface area (Å²) in [6.07, 6.45) is 0. The van der Waals surface area contributed by atoms with Crippen molar-refractivity contribution in [3.63, 3.8) is 0 Å². The average molecular weight is 436 g/mol. The largest absolute Gasteiger partial charge is 0.421 e. The van der Waals surface area contributed by atoms with Crippen LogP contribution in [0.15, 0.2) is 30.3 Å². The molecule has 4 aromatic rings. The van der Waals surface area contributed by atoms with E-state index in [-0.39, 0.29) is 11.8 Å². The second kappa shape index (κ2) is 8.12. The van der Waals surface area contributed by atoms with Gasteiger partial charge in [-0.25, -0.2) is 4.39 Å². The summed E-state index contributed by atoms with van der Waals surface area (Å²) in [4.78, 5) is 16.6. The molecule has 1 saturated heterocycles. The molecule has 1 aliphatic heterocycles. The maximum absolute atomic E-state index is 14.7. The second-order valence-corrected chi connectivity index (χ2v) is 8.17. The first-order valence-electron chi connectivity index (χ1n) is 10.5. The lowest BCUT2D eigenvalue weighted by atomic mass is 10.2. The number of anilines is 3. The summed E-state index contributed by atoms with van der Waals surface area (Å²) in [6, 6.07) is 8.83. The Balaban J connectivity index is 1.49. The van der Waals surface area contributed by atoms with E-state index in [1.165, 1.54) is 6.07 Å². The molecule has 10 heteroatoms. The fraction of sp³-hybridized carbons (Fsp3) is 0.318. The highest BCUT2D eigenvalue weighted by Gasteiger charge is 2.19. The Morgan fingerprint density at radius 3 is 2.53 bits per heavy atom. The molecule has 0 amide bonds. The van der Waals surface area contributed by atoms with Crippen molar-refractivity contribution in [3.8, 4) is 11.8 Å². The highest BCUT2D eigenvalue weighted by atomic mass is 19.1. The van der Waals surface area contributed by atoms with E-state index in [2.05, 4.69) is 47.3 Å². The van der Waals surface area contributed by atoms with E-state index in [0.29, 0.717) is 11.6 Å². The van der Waals surface area contributed by atoms with E-state index in [1.807, 2.05) is 32.0 Å². The summed E-state index contributed by atoms with van der Waals surface area (Å²) in [5.74, 6) is 1.47. The number of fused-ring (bicyclic) bond motifs is 1. The molecule has 0 spiro atoms. The number of nitrogens with zero attached hydrogens (tertiary/aromatic N) is 5. The molecule has 0 unspecified atom stereocenters. The first-order valence-corrected chi connectivity index (χ1v) is 10.5. The molecule has 3 aromatic heterocycles. The SMILES string of the molecule is Cc1cc(Nc2cc(N3CCN(C)CC3)nc(Oc3cc4cc(C)[nH]c4cc3F)n2)n[nH]1. The van der Waals surface area contributed by atoms with Crippen LogP contribution >= 0.6 is 0 Å². The minimum atomic E-state index is -0.481. The Morgan fingerprint density at radius 1 is 0.969 bits per heavy atom. The van der Waals surface area contributed by atoms with Gasteiger partial charge in [0.1, 0.15) is 11.6 Å². The highest BCUT2D eigenvalue weighted by molar-refractivity contribution is 5.82. The zero-order valence-corrected chi connectivity index (χ0v) is 18.2. The third kappa shape index (κ3) is 4.22. The number of H-pyrrole nitrogens is 2. The minimum Gasteiger partial charge on any atom is -0.421 e. The summed E-state index contributed by atoms with van der Waals surface area (Å²) in [6.45, 7) is 7.37. The maximum Gasteiger partial charge on any atom is 0.326 e. The normalized spacial score (nSPS) is 14.8. The number of likely N-dealkylation sites (N-methyl/N-ethyl adjacent to an activating group) is 1. The molecule has 5 rings (SSSR count). The standard InChI is InChI=1S/C22H25FN8O/c1-13-8-15-10-18(16(23)11-17(15)24-13)32-22-26-19(25-20-9-14(2)28-29-20)12-21(27-22)31-6-4-30(3)5-7-31/h8-12,24H,4-7H2,1-3H3,(H2,25,26,27,28,29). The summed E-state index contributed by atoms with van der Waals surface area (Å²) >= 11 is 0. The molecule has 3 N–H and O–H groups in total. The average Bonchev–Trinajstić information content (AvgIpc) is 3.32. The molecule has 0 atom stereocenters. The number of ether oxygens (including phenoxy) is 1. The molecule has 1 aromatic carbocycles. The van der Waals surface area contributed by atoms with Crippen LogP contribution in [-0.4, -0.2) is 63.3 Å². The number of rotatable bonds is 5. The van der Waals surface area contributed by atoms with Crippen molar-refractivity contribution in [1.82, 2.24) is 30.0 Å². The Bertz CT molecular complexity index is 1260. The maximum atomic E-state index is 14.7. The molecule has 9 nitrogen and oxygen atoms in total. The van der Waals surface area contributed by atoms with Crippen molar-refractivity contribution in [1.29, 1.82) is 0 Å². The van der Waals surface area contributed by atoms with Crippen molar-refractivity contribution in [2.45, 2.75) is 13.8 Å². The fourth-order valence-electron chi connectivity index (χ4n) is 3.79. The molecule has 0 bridgehead atoms. The van der Waals surface area contributed by atoms with Crippen LogP contribution in [0.25, 0.3) is 10.9 Å². The van der Waals surface area contributed by atoms with Crippen LogP contribution in [-0.2, 0) is 0 Å². The van der Waals surface area contributed by atoms with Gasteiger partial charge >= 0.3 is 6.01 Å². The lowest BCUT2D eigenvalue weighted by Crippen LogP contribution is -2.44. The number of halogens is 1. The van der Waals surface area contributed by atoms with Crippen LogP contribution in [0, 0.1) is 19.7 Å². The quantitative estimate of drug-likeness (QED) is 0.439. The number of hydrogen-bond acceptors (Lipinski definition) is 7. The molecule has 1 fully saturated rings. The van der Waals surface area contributed by atoms with Gasteiger partial charge in [-0.1, -0.05) is 0 Å². The van der Waals surface area contributed by atoms with E-state index < -0.39 is 5.82 Å². The number of aryl methyl sites for hydroxylation is 2. The molecule has 166 valence electrons. The summed E-state index contributed by atoms with van der Waals surface area (Å²) < 4.78 is 20.6. The lowest BCUT2D eigenvalue weighted by Gasteiger charge is -2.33. The smallest absolute Gasteiger partial charge is 0.326 e. The van der Waals surface area contributed by atoms with Gasteiger partial charge in [-0.15, -0.1) is 0 Å². The van der Waals surface area contributed by atoms with Gasteiger partial charge in [0.2, 0.25) is 0 Å². The van der Waals surface area contributed by atoms with E-state index in [0.717, 1.165) is 54.3 Å². The number of nitrogens with one attached hydrogen (secondary N) is 3. The van der Waals surface area contributed by atoms with Gasteiger partial charge in [0.05, 0.1) is 0 Å². The molecule has 0 saturated carbocycles. The van der Waals surface area contributed by atoms with Gasteiger partial charge < -0.3 is 24.8 Å². The number of benzene rings is 1. The van der Waals surface area contributed by atoms with Crippen molar-refractivity contribution in [2.75, 3.05) is 43.4 Å². The first-order chi connectivity index (χ1) is 15.4. The Hall–Kier alpha value is -3.66. The predicted molar refractivity (Wildman–Crippen MR) is 121 cm³/mol. The van der Waals surface area contributed by atoms with Crippen LogP contribution < -0.4 is 15.0 Å². The highest BCUT2D eigenvalue weighted by Crippen LogP contribution is 2.30. The van der Waals surface area contributed by atoms with Crippen LogP contribution in [0.3, 0.4) is 0 Å². The van der Waals surface area contributed by atoms with Crippen LogP contribution in [0.5, 0.6) is 11.8 Å². The third-order valence-corrected chi connectivity index (χ3v) is 5.49. The van der Waals surface area contributed by atoms with Crippen molar-refractivity contribution >= 4 is 28.4 Å². The van der Waals surface area contributed by atoms with Crippen molar-refractivity contribution < 1.29 is 9.13 Å². The Morgan fingerprint density at radius 2 is 1.78 bits per heavy atom. The molecule has 0 aliphatic carbocycles. The summed E-state index contributed by atoms with van der Waals surface area (Å²) in [7, 11) is 2.10. The lowest BCUT2D eigenvalue weighted by molar-refractivity contribution is 0.311. The third-order valence-electron chi connectivity index (χ3n) is 5.49. The zero-order valence-electron chi connectivity index (χ0n) is 18.2. The number of hydrogen-bond donors (Lipinski definition) is 3. The summed E-state index contributed by atoms with van der Waals surface area (Å²) in [5.41, 5.74) is 2.59. The topological polar surface area (TPSA) is 98.0 Å². The van der Waals surface area contributed by atoms with Gasteiger partial charge in [0, 0.05) is 66.7 Å². The van der Waals surface area contributed by atoms with Gasteiger partial charge in [-0.2, -0.15) is 15.1 Å². The number of aromatic nitrogens is 5. The number of piperazine rings is 1. The molecule has 4 heterocycles. The van der Waals surface area contributed by atoms with E-state index >= 15 is 0 Å². The summed E-state index contributed by atoms with van der Waals surface area (Å²) in [5, 5.41) is 11.1. The first kappa shape index (κ1) is 20.3. The second-order valence-electron chi connectivity index (χ2n) is 8.17. The van der Waals surface area contributed by atoms with Crippen molar-refractivity contribution in [2.24, 2.45) is 0 Å². The molecular weight excluding hydrogens is 411 g/mol. The fourth-order valence-corrected chi connectivity index (χ4v) is 3.79. The molecule has 32 heavy (non-hydrogen) atoms. The van der Waals surface area contributed by atoms with Gasteiger partial charge in [0.25, 0.3) is 0 Å². The van der Waals surface area contributed by atoms with Gasteiger partial charge in [-0.05, 0) is 33.0 Å². The Labute approximate surface area is 184 Å². The molecule has 1 aliphatic rings. The predicted octanol–water partition coefficient (Wildman–Crippen LogP) is 3.72. The monoisotopic (exact) mass is 436 g/mol. The van der Waals surface area contributed by atoms with Gasteiger partial charge in [-0.3, -0.25) is 5.10 Å². The van der Waals surface area contributed by atoms with Crippen molar-refractivity contribution in [3.05, 3.63) is 47.5 Å². The molecule has 0 radical (unpaired) electrons. The van der Waals surface area contributed by atoms with E-state index in [1.54, 1.807) is 6.07 Å².